The molecule has 0 atom stereocenters. The van der Waals surface area contributed by atoms with Gasteiger partial charge in [-0.1, -0.05) is 17.7 Å². The number of halogens is 1. The Labute approximate surface area is 126 Å². The molecular weight excluding hydrogens is 288 g/mol. The quantitative estimate of drug-likeness (QED) is 0.685. The fourth-order valence-electron chi connectivity index (χ4n) is 2.78. The Balaban J connectivity index is 1.81. The maximum atomic E-state index is 12.3. The molecule has 0 N–H and O–H groups in total. The molecule has 21 heavy (non-hydrogen) atoms. The van der Waals surface area contributed by atoms with E-state index in [0.29, 0.717) is 16.5 Å². The van der Waals surface area contributed by atoms with Gasteiger partial charge in [0.05, 0.1) is 5.52 Å². The van der Waals surface area contributed by atoms with E-state index in [4.69, 9.17) is 16.0 Å². The molecule has 0 saturated carbocycles. The Bertz CT molecular complexity index is 850. The van der Waals surface area contributed by atoms with Gasteiger partial charge in [0.1, 0.15) is 0 Å². The third-order valence-corrected chi connectivity index (χ3v) is 4.10. The molecule has 0 spiro atoms. The van der Waals surface area contributed by atoms with Crippen LogP contribution in [0, 0.1) is 0 Å². The number of pyridine rings is 1. The molecule has 0 bridgehead atoms. The standard InChI is InChI=1S/C16H13ClN2O2/c17-12-4-3-10-7-11-8-14(16(20)19-5-1-2-6-19)21-15(11)18-13(10)9-12/h3-4,7-9H,1-2,5-6H2. The minimum absolute atomic E-state index is 0.0485. The molecule has 3 aromatic rings. The number of hydrogen-bond acceptors (Lipinski definition) is 3. The summed E-state index contributed by atoms with van der Waals surface area (Å²) in [6, 6.07) is 9.28. The van der Waals surface area contributed by atoms with E-state index in [-0.39, 0.29) is 5.91 Å². The van der Waals surface area contributed by atoms with Crippen LogP contribution in [0.15, 0.2) is 34.7 Å². The lowest BCUT2D eigenvalue weighted by molar-refractivity contribution is 0.0763. The Morgan fingerprint density at radius 3 is 2.76 bits per heavy atom. The molecule has 0 unspecified atom stereocenters. The summed E-state index contributed by atoms with van der Waals surface area (Å²) in [5, 5.41) is 2.45. The SMILES string of the molecule is O=C(c1cc2cc3ccc(Cl)cc3nc2o1)N1CCCC1. The van der Waals surface area contributed by atoms with Crippen molar-refractivity contribution in [3.8, 4) is 0 Å². The van der Waals surface area contributed by atoms with Gasteiger partial charge in [0.15, 0.2) is 5.76 Å². The summed E-state index contributed by atoms with van der Waals surface area (Å²) in [4.78, 5) is 18.6. The van der Waals surface area contributed by atoms with Crippen LogP contribution in [0.2, 0.25) is 5.02 Å². The van der Waals surface area contributed by atoms with Crippen molar-refractivity contribution >= 4 is 39.5 Å². The first-order valence-electron chi connectivity index (χ1n) is 7.00. The summed E-state index contributed by atoms with van der Waals surface area (Å²) in [6.07, 6.45) is 2.12. The summed E-state index contributed by atoms with van der Waals surface area (Å²) in [5.74, 6) is 0.313. The molecule has 3 heterocycles. The molecule has 2 aromatic heterocycles. The molecule has 0 aliphatic carbocycles. The van der Waals surface area contributed by atoms with Crippen molar-refractivity contribution in [1.82, 2.24) is 9.88 Å². The van der Waals surface area contributed by atoms with Gasteiger partial charge in [-0.15, -0.1) is 0 Å². The minimum atomic E-state index is -0.0485. The number of nitrogens with zero attached hydrogens (tertiary/aromatic N) is 2. The first-order valence-corrected chi connectivity index (χ1v) is 7.38. The van der Waals surface area contributed by atoms with Gasteiger partial charge in [0, 0.05) is 28.9 Å². The fourth-order valence-corrected chi connectivity index (χ4v) is 2.95. The Morgan fingerprint density at radius 2 is 1.95 bits per heavy atom. The molecular formula is C16H13ClN2O2. The number of hydrogen-bond donors (Lipinski definition) is 0. The maximum absolute atomic E-state index is 12.3. The molecule has 4 nitrogen and oxygen atoms in total. The largest absolute Gasteiger partial charge is 0.433 e. The van der Waals surface area contributed by atoms with Gasteiger partial charge in [-0.2, -0.15) is 0 Å². The van der Waals surface area contributed by atoms with Crippen molar-refractivity contribution in [2.75, 3.05) is 13.1 Å². The normalized spacial score (nSPS) is 15.2. The van der Waals surface area contributed by atoms with E-state index >= 15 is 0 Å². The summed E-state index contributed by atoms with van der Waals surface area (Å²) >= 11 is 5.98. The summed E-state index contributed by atoms with van der Waals surface area (Å²) in [5.41, 5.74) is 1.25. The maximum Gasteiger partial charge on any atom is 0.289 e. The number of amides is 1. The average molecular weight is 301 g/mol. The third kappa shape index (κ3) is 2.16. The highest BCUT2D eigenvalue weighted by Gasteiger charge is 2.23. The number of aromatic nitrogens is 1. The van der Waals surface area contributed by atoms with Crippen molar-refractivity contribution in [3.05, 3.63) is 41.1 Å². The van der Waals surface area contributed by atoms with E-state index in [1.54, 1.807) is 12.1 Å². The van der Waals surface area contributed by atoms with Crippen molar-refractivity contribution in [1.29, 1.82) is 0 Å². The zero-order valence-electron chi connectivity index (χ0n) is 11.3. The first kappa shape index (κ1) is 12.7. The van der Waals surface area contributed by atoms with Crippen LogP contribution in [-0.2, 0) is 0 Å². The topological polar surface area (TPSA) is 46.3 Å². The lowest BCUT2D eigenvalue weighted by Crippen LogP contribution is -2.27. The lowest BCUT2D eigenvalue weighted by Gasteiger charge is -2.12. The zero-order valence-corrected chi connectivity index (χ0v) is 12.1. The van der Waals surface area contributed by atoms with Crippen LogP contribution >= 0.6 is 11.6 Å². The molecule has 1 amide bonds. The van der Waals surface area contributed by atoms with Crippen LogP contribution in [0.3, 0.4) is 0 Å². The van der Waals surface area contributed by atoms with Gasteiger partial charge in [0.25, 0.3) is 5.91 Å². The lowest BCUT2D eigenvalue weighted by atomic mass is 10.2. The Morgan fingerprint density at radius 1 is 1.14 bits per heavy atom. The van der Waals surface area contributed by atoms with Gasteiger partial charge in [0.2, 0.25) is 5.71 Å². The van der Waals surface area contributed by atoms with E-state index in [2.05, 4.69) is 4.98 Å². The second-order valence-corrected chi connectivity index (χ2v) is 5.77. The molecule has 5 heteroatoms. The van der Waals surface area contributed by atoms with Gasteiger partial charge in [-0.3, -0.25) is 4.79 Å². The third-order valence-electron chi connectivity index (χ3n) is 3.87. The van der Waals surface area contributed by atoms with E-state index in [1.807, 2.05) is 23.1 Å². The second kappa shape index (κ2) is 4.74. The summed E-state index contributed by atoms with van der Waals surface area (Å²) in [6.45, 7) is 1.61. The van der Waals surface area contributed by atoms with Crippen LogP contribution < -0.4 is 0 Å². The van der Waals surface area contributed by atoms with Crippen LogP contribution in [0.4, 0.5) is 0 Å². The number of carbonyl (C=O) groups excluding carboxylic acids is 1. The Hall–Kier alpha value is -2.07. The van der Waals surface area contributed by atoms with Gasteiger partial charge >= 0.3 is 0 Å². The van der Waals surface area contributed by atoms with Crippen molar-refractivity contribution in [2.24, 2.45) is 0 Å². The number of furan rings is 1. The number of fused-ring (bicyclic) bond motifs is 2. The fraction of sp³-hybridized carbons (Fsp3) is 0.250. The molecule has 1 aliphatic rings. The number of likely N-dealkylation sites (tertiary alicyclic amines) is 1. The molecule has 1 fully saturated rings. The second-order valence-electron chi connectivity index (χ2n) is 5.33. The smallest absolute Gasteiger partial charge is 0.289 e. The minimum Gasteiger partial charge on any atom is -0.433 e. The molecule has 1 aliphatic heterocycles. The van der Waals surface area contributed by atoms with Gasteiger partial charge in [-0.05, 0) is 37.1 Å². The van der Waals surface area contributed by atoms with E-state index in [9.17, 15) is 4.79 Å². The van der Waals surface area contributed by atoms with Crippen molar-refractivity contribution in [2.45, 2.75) is 12.8 Å². The predicted molar refractivity (Wildman–Crippen MR) is 81.7 cm³/mol. The highest BCUT2D eigenvalue weighted by atomic mass is 35.5. The van der Waals surface area contributed by atoms with Crippen LogP contribution in [0.1, 0.15) is 23.4 Å². The monoisotopic (exact) mass is 300 g/mol. The molecule has 1 aromatic carbocycles. The van der Waals surface area contributed by atoms with Crippen molar-refractivity contribution < 1.29 is 9.21 Å². The van der Waals surface area contributed by atoms with Crippen LogP contribution in [0.5, 0.6) is 0 Å². The number of benzene rings is 1. The number of rotatable bonds is 1. The Kier molecular flexibility index (Phi) is 2.86. The van der Waals surface area contributed by atoms with E-state index in [0.717, 1.165) is 42.2 Å². The molecule has 4 rings (SSSR count). The predicted octanol–water partition coefficient (Wildman–Crippen LogP) is 3.87. The van der Waals surface area contributed by atoms with E-state index < -0.39 is 0 Å². The van der Waals surface area contributed by atoms with Gasteiger partial charge in [-0.25, -0.2) is 4.98 Å². The molecule has 1 saturated heterocycles. The first-order chi connectivity index (χ1) is 10.2. The van der Waals surface area contributed by atoms with Crippen molar-refractivity contribution in [3.63, 3.8) is 0 Å². The summed E-state index contributed by atoms with van der Waals surface area (Å²) in [7, 11) is 0. The van der Waals surface area contributed by atoms with Crippen LogP contribution in [0.25, 0.3) is 22.0 Å². The number of carbonyl (C=O) groups is 1. The molecule has 106 valence electrons. The van der Waals surface area contributed by atoms with E-state index in [1.165, 1.54) is 0 Å². The highest BCUT2D eigenvalue weighted by Crippen LogP contribution is 2.26. The summed E-state index contributed by atoms with van der Waals surface area (Å²) < 4.78 is 5.64. The average Bonchev–Trinajstić information content (AvgIpc) is 3.13. The van der Waals surface area contributed by atoms with Crippen LogP contribution in [-0.4, -0.2) is 28.9 Å². The highest BCUT2D eigenvalue weighted by molar-refractivity contribution is 6.31. The van der Waals surface area contributed by atoms with Gasteiger partial charge < -0.3 is 9.32 Å². The molecule has 0 radical (unpaired) electrons. The zero-order chi connectivity index (χ0) is 14.4.